The molecule has 8 heteroatoms. The molecule has 0 aliphatic heterocycles. The number of ether oxygens (including phenoxy) is 1. The van der Waals surface area contributed by atoms with Crippen molar-refractivity contribution in [2.75, 3.05) is 7.11 Å². The number of hydrogen-bond donors (Lipinski definition) is 1. The molecule has 0 aliphatic carbocycles. The highest BCUT2D eigenvalue weighted by Crippen LogP contribution is 2.38. The summed E-state index contributed by atoms with van der Waals surface area (Å²) in [5.41, 5.74) is -4.31. The van der Waals surface area contributed by atoms with E-state index in [0.717, 1.165) is 7.11 Å². The molecular weight excluding hydrogens is 237 g/mol. The lowest BCUT2D eigenvalue weighted by Crippen LogP contribution is -2.20. The van der Waals surface area contributed by atoms with Crippen LogP contribution < -0.4 is 10.3 Å². The van der Waals surface area contributed by atoms with Gasteiger partial charge in [-0.3, -0.25) is 4.79 Å². The van der Waals surface area contributed by atoms with Crippen molar-refractivity contribution in [3.8, 4) is 5.75 Å². The lowest BCUT2D eigenvalue weighted by molar-refractivity contribution is -0.143. The van der Waals surface area contributed by atoms with E-state index in [1.165, 1.54) is 4.98 Å². The quantitative estimate of drug-likeness (QED) is 0.810. The Morgan fingerprint density at radius 2 is 1.94 bits per heavy atom. The van der Waals surface area contributed by atoms with Gasteiger partial charge in [0.15, 0.2) is 0 Å². The standard InChI is InChI=1S/C8H6F5NO2/c1-16-3-2-4(15)14-6(8(11,12)13)5(3)7(9)10/h2,7H,1H3,(H,14,15). The summed E-state index contributed by atoms with van der Waals surface area (Å²) >= 11 is 0. The third-order valence-electron chi connectivity index (χ3n) is 1.77. The molecule has 0 bridgehead atoms. The molecule has 1 N–H and O–H groups in total. The summed E-state index contributed by atoms with van der Waals surface area (Å²) in [5.74, 6) is -0.786. The molecule has 0 aromatic carbocycles. The highest BCUT2D eigenvalue weighted by molar-refractivity contribution is 5.38. The molecule has 0 aliphatic rings. The second-order valence-corrected chi connectivity index (χ2v) is 2.79. The van der Waals surface area contributed by atoms with Gasteiger partial charge in [-0.25, -0.2) is 8.78 Å². The maximum Gasteiger partial charge on any atom is 0.431 e. The Labute approximate surface area is 85.8 Å². The Morgan fingerprint density at radius 3 is 2.31 bits per heavy atom. The van der Waals surface area contributed by atoms with Gasteiger partial charge in [-0.2, -0.15) is 13.2 Å². The lowest BCUT2D eigenvalue weighted by Gasteiger charge is -2.14. The van der Waals surface area contributed by atoms with E-state index < -0.39 is 35.2 Å². The average molecular weight is 243 g/mol. The molecule has 90 valence electrons. The van der Waals surface area contributed by atoms with E-state index >= 15 is 0 Å². The fourth-order valence-electron chi connectivity index (χ4n) is 1.16. The second kappa shape index (κ2) is 4.11. The summed E-state index contributed by atoms with van der Waals surface area (Å²) in [6.07, 6.45) is -8.47. The van der Waals surface area contributed by atoms with Gasteiger partial charge in [0.25, 0.3) is 12.0 Å². The van der Waals surface area contributed by atoms with Crippen molar-refractivity contribution in [1.29, 1.82) is 0 Å². The average Bonchev–Trinajstić information content (AvgIpc) is 2.14. The Kier molecular flexibility index (Phi) is 3.20. The van der Waals surface area contributed by atoms with E-state index in [1.54, 1.807) is 0 Å². The van der Waals surface area contributed by atoms with Crippen LogP contribution in [0.4, 0.5) is 22.0 Å². The number of nitrogens with one attached hydrogen (secondary N) is 1. The minimum Gasteiger partial charge on any atom is -0.496 e. The SMILES string of the molecule is COc1cc(=O)[nH]c(C(F)(F)F)c1C(F)F. The summed E-state index contributed by atoms with van der Waals surface area (Å²) in [7, 11) is 0.904. The van der Waals surface area contributed by atoms with Crippen LogP contribution in [-0.2, 0) is 6.18 Å². The predicted octanol–water partition coefficient (Wildman–Crippen LogP) is 2.34. The van der Waals surface area contributed by atoms with Gasteiger partial charge in [-0.1, -0.05) is 0 Å². The number of pyridine rings is 1. The van der Waals surface area contributed by atoms with Crippen LogP contribution in [0.15, 0.2) is 10.9 Å². The van der Waals surface area contributed by atoms with Gasteiger partial charge in [0.1, 0.15) is 11.4 Å². The number of aromatic amines is 1. The third kappa shape index (κ3) is 2.31. The van der Waals surface area contributed by atoms with Gasteiger partial charge in [-0.15, -0.1) is 0 Å². The Hall–Kier alpha value is -1.60. The zero-order valence-electron chi connectivity index (χ0n) is 7.86. The molecular formula is C8H6F5NO2. The van der Waals surface area contributed by atoms with Gasteiger partial charge >= 0.3 is 6.18 Å². The van der Waals surface area contributed by atoms with Crippen molar-refractivity contribution in [3.63, 3.8) is 0 Å². The first-order valence-electron chi connectivity index (χ1n) is 3.94. The monoisotopic (exact) mass is 243 g/mol. The normalized spacial score (nSPS) is 11.9. The number of halogens is 5. The summed E-state index contributed by atoms with van der Waals surface area (Å²) in [5, 5.41) is 0. The molecule has 0 spiro atoms. The first kappa shape index (κ1) is 12.5. The zero-order chi connectivity index (χ0) is 12.5. The number of rotatable bonds is 2. The molecule has 0 saturated heterocycles. The van der Waals surface area contributed by atoms with Crippen molar-refractivity contribution < 1.29 is 26.7 Å². The van der Waals surface area contributed by atoms with Crippen molar-refractivity contribution in [1.82, 2.24) is 4.98 Å². The van der Waals surface area contributed by atoms with Crippen LogP contribution in [0.5, 0.6) is 5.75 Å². The molecule has 0 atom stereocenters. The predicted molar refractivity (Wildman–Crippen MR) is 43.6 cm³/mol. The zero-order valence-corrected chi connectivity index (χ0v) is 7.86. The van der Waals surface area contributed by atoms with Crippen LogP contribution in [-0.4, -0.2) is 12.1 Å². The molecule has 1 rings (SSSR count). The maximum atomic E-state index is 12.4. The van der Waals surface area contributed by atoms with Gasteiger partial charge in [0, 0.05) is 6.07 Å². The molecule has 1 aromatic rings. The molecule has 0 fully saturated rings. The largest absolute Gasteiger partial charge is 0.496 e. The highest BCUT2D eigenvalue weighted by atomic mass is 19.4. The maximum absolute atomic E-state index is 12.4. The molecule has 16 heavy (non-hydrogen) atoms. The van der Waals surface area contributed by atoms with Crippen molar-refractivity contribution in [3.05, 3.63) is 27.7 Å². The Bertz CT molecular complexity index is 437. The van der Waals surface area contributed by atoms with E-state index in [2.05, 4.69) is 4.74 Å². The number of methoxy groups -OCH3 is 1. The minimum absolute atomic E-state index is 0.538. The number of H-pyrrole nitrogens is 1. The van der Waals surface area contributed by atoms with Crippen molar-refractivity contribution in [2.45, 2.75) is 12.6 Å². The van der Waals surface area contributed by atoms with Crippen LogP contribution in [0.1, 0.15) is 17.7 Å². The van der Waals surface area contributed by atoms with Gasteiger partial charge in [0.05, 0.1) is 12.7 Å². The van der Waals surface area contributed by atoms with Crippen molar-refractivity contribution in [2.24, 2.45) is 0 Å². The molecule has 0 saturated carbocycles. The first-order valence-corrected chi connectivity index (χ1v) is 3.94. The van der Waals surface area contributed by atoms with E-state index in [1.807, 2.05) is 0 Å². The molecule has 0 unspecified atom stereocenters. The second-order valence-electron chi connectivity index (χ2n) is 2.79. The summed E-state index contributed by atoms with van der Waals surface area (Å²) in [4.78, 5) is 12.1. The fraction of sp³-hybridized carbons (Fsp3) is 0.375. The molecule has 1 heterocycles. The summed E-state index contributed by atoms with van der Waals surface area (Å²) < 4.78 is 66.2. The van der Waals surface area contributed by atoms with E-state index in [4.69, 9.17) is 0 Å². The Balaban J connectivity index is 3.58. The lowest BCUT2D eigenvalue weighted by atomic mass is 10.1. The van der Waals surface area contributed by atoms with Gasteiger partial charge in [-0.05, 0) is 0 Å². The van der Waals surface area contributed by atoms with Crippen LogP contribution in [0, 0.1) is 0 Å². The summed E-state index contributed by atoms with van der Waals surface area (Å²) in [6.45, 7) is 0. The van der Waals surface area contributed by atoms with Crippen LogP contribution in [0.25, 0.3) is 0 Å². The van der Waals surface area contributed by atoms with Gasteiger partial charge < -0.3 is 9.72 Å². The fourth-order valence-corrected chi connectivity index (χ4v) is 1.16. The van der Waals surface area contributed by atoms with Crippen LogP contribution in [0.3, 0.4) is 0 Å². The topological polar surface area (TPSA) is 42.1 Å². The molecule has 0 radical (unpaired) electrons. The van der Waals surface area contributed by atoms with E-state index in [0.29, 0.717) is 6.07 Å². The Morgan fingerprint density at radius 1 is 1.38 bits per heavy atom. The first-order chi connectivity index (χ1) is 7.27. The number of hydrogen-bond acceptors (Lipinski definition) is 2. The van der Waals surface area contributed by atoms with Gasteiger partial charge in [0.2, 0.25) is 0 Å². The van der Waals surface area contributed by atoms with E-state index in [9.17, 15) is 26.7 Å². The number of alkyl halides is 5. The van der Waals surface area contributed by atoms with Crippen molar-refractivity contribution >= 4 is 0 Å². The summed E-state index contributed by atoms with van der Waals surface area (Å²) in [6, 6.07) is 0.538. The van der Waals surface area contributed by atoms with Crippen LogP contribution >= 0.6 is 0 Å². The van der Waals surface area contributed by atoms with Crippen LogP contribution in [0.2, 0.25) is 0 Å². The molecule has 3 nitrogen and oxygen atoms in total. The smallest absolute Gasteiger partial charge is 0.431 e. The minimum atomic E-state index is -5.07. The molecule has 1 aromatic heterocycles. The van der Waals surface area contributed by atoms with E-state index in [-0.39, 0.29) is 0 Å². The third-order valence-corrected chi connectivity index (χ3v) is 1.77. The number of aromatic nitrogens is 1. The molecule has 0 amide bonds. The highest BCUT2D eigenvalue weighted by Gasteiger charge is 2.39.